The number of aromatic nitrogens is 2. The largest absolute Gasteiger partial charge is 0.325 e. The van der Waals surface area contributed by atoms with Crippen molar-refractivity contribution in [2.24, 2.45) is 0 Å². The Morgan fingerprint density at radius 1 is 1.20 bits per heavy atom. The fourth-order valence-corrected chi connectivity index (χ4v) is 3.73. The number of hydrogen-bond donors (Lipinski definition) is 1. The van der Waals surface area contributed by atoms with E-state index in [1.807, 2.05) is 49.4 Å². The second-order valence-electron chi connectivity index (χ2n) is 5.64. The molecule has 0 spiro atoms. The van der Waals surface area contributed by atoms with Crippen LogP contribution >= 0.6 is 23.3 Å². The van der Waals surface area contributed by atoms with Gasteiger partial charge in [-0.05, 0) is 48.6 Å². The van der Waals surface area contributed by atoms with Crippen LogP contribution in [0.2, 0.25) is 0 Å². The van der Waals surface area contributed by atoms with Crippen molar-refractivity contribution >= 4 is 34.9 Å². The fraction of sp³-hybridized carbons (Fsp3) is 0.211. The second kappa shape index (κ2) is 8.27. The number of nitrogens with one attached hydrogen (secondary N) is 1. The van der Waals surface area contributed by atoms with E-state index in [4.69, 9.17) is 0 Å². The van der Waals surface area contributed by atoms with Crippen molar-refractivity contribution in [3.8, 4) is 11.4 Å². The van der Waals surface area contributed by atoms with Gasteiger partial charge in [-0.25, -0.2) is 4.98 Å². The summed E-state index contributed by atoms with van der Waals surface area (Å²) in [6, 6.07) is 16.0. The lowest BCUT2D eigenvalue weighted by Crippen LogP contribution is -2.13. The molecule has 1 N–H and O–H groups in total. The molecule has 0 saturated heterocycles. The van der Waals surface area contributed by atoms with Gasteiger partial charge in [0.1, 0.15) is 0 Å². The lowest BCUT2D eigenvalue weighted by molar-refractivity contribution is -0.113. The average molecular weight is 370 g/mol. The van der Waals surface area contributed by atoms with Gasteiger partial charge < -0.3 is 5.32 Å². The molecule has 4 nitrogen and oxygen atoms in total. The third-order valence-corrected chi connectivity index (χ3v) is 5.49. The molecule has 128 valence electrons. The van der Waals surface area contributed by atoms with Gasteiger partial charge in [-0.2, -0.15) is 4.37 Å². The van der Waals surface area contributed by atoms with E-state index in [2.05, 4.69) is 27.7 Å². The van der Waals surface area contributed by atoms with E-state index in [9.17, 15) is 4.79 Å². The molecule has 0 saturated carbocycles. The van der Waals surface area contributed by atoms with Crippen molar-refractivity contribution in [2.45, 2.75) is 24.6 Å². The van der Waals surface area contributed by atoms with Crippen molar-refractivity contribution in [2.75, 3.05) is 11.1 Å². The number of benzene rings is 2. The van der Waals surface area contributed by atoms with Gasteiger partial charge in [-0.15, -0.1) is 0 Å². The highest BCUT2D eigenvalue weighted by Crippen LogP contribution is 2.25. The molecule has 0 radical (unpaired) electrons. The minimum atomic E-state index is -0.0402. The van der Waals surface area contributed by atoms with Gasteiger partial charge in [-0.1, -0.05) is 54.6 Å². The molecule has 25 heavy (non-hydrogen) atoms. The number of amides is 1. The van der Waals surface area contributed by atoms with Crippen LogP contribution in [0.3, 0.4) is 0 Å². The molecule has 2 aromatic carbocycles. The van der Waals surface area contributed by atoms with E-state index in [1.165, 1.54) is 34.4 Å². The molecule has 0 atom stereocenters. The molecular formula is C19H19N3OS2. The minimum Gasteiger partial charge on any atom is -0.325 e. The summed E-state index contributed by atoms with van der Waals surface area (Å²) in [7, 11) is 0. The van der Waals surface area contributed by atoms with Gasteiger partial charge in [0.25, 0.3) is 0 Å². The molecule has 1 heterocycles. The van der Waals surface area contributed by atoms with E-state index < -0.39 is 0 Å². The Bertz CT molecular complexity index is 859. The molecule has 0 aliphatic heterocycles. The van der Waals surface area contributed by atoms with Crippen LogP contribution in [0.1, 0.15) is 18.1 Å². The van der Waals surface area contributed by atoms with Crippen molar-refractivity contribution in [1.29, 1.82) is 0 Å². The van der Waals surface area contributed by atoms with Gasteiger partial charge in [0.05, 0.1) is 5.75 Å². The Hall–Kier alpha value is -2.18. The zero-order chi connectivity index (χ0) is 17.6. The first-order valence-electron chi connectivity index (χ1n) is 8.06. The van der Waals surface area contributed by atoms with Crippen molar-refractivity contribution in [3.05, 3.63) is 59.7 Å². The third-order valence-electron chi connectivity index (χ3n) is 3.66. The van der Waals surface area contributed by atoms with Crippen molar-refractivity contribution in [1.82, 2.24) is 9.36 Å². The number of carbonyl (C=O) groups is 1. The number of hydrogen-bond acceptors (Lipinski definition) is 5. The Morgan fingerprint density at radius 3 is 2.72 bits per heavy atom. The first-order chi connectivity index (χ1) is 12.1. The van der Waals surface area contributed by atoms with Gasteiger partial charge in [-0.3, -0.25) is 4.79 Å². The molecule has 0 bridgehead atoms. The fourth-order valence-electron chi connectivity index (χ4n) is 2.32. The lowest BCUT2D eigenvalue weighted by atomic mass is 10.1. The number of aryl methyl sites for hydroxylation is 2. The molecule has 6 heteroatoms. The first kappa shape index (κ1) is 17.6. The second-order valence-corrected chi connectivity index (χ2v) is 7.62. The van der Waals surface area contributed by atoms with Gasteiger partial charge in [0.15, 0.2) is 10.2 Å². The van der Waals surface area contributed by atoms with E-state index in [1.54, 1.807) is 0 Å². The normalized spacial score (nSPS) is 10.6. The van der Waals surface area contributed by atoms with Crippen LogP contribution in [0, 0.1) is 6.92 Å². The Balaban J connectivity index is 1.55. The number of thioether (sulfide) groups is 1. The molecule has 1 aromatic heterocycles. The topological polar surface area (TPSA) is 54.9 Å². The summed E-state index contributed by atoms with van der Waals surface area (Å²) in [4.78, 5) is 16.6. The molecule has 3 rings (SSSR count). The molecule has 3 aromatic rings. The highest BCUT2D eigenvalue weighted by molar-refractivity contribution is 8.01. The predicted octanol–water partition coefficient (Wildman–Crippen LogP) is 4.81. The highest BCUT2D eigenvalue weighted by Gasteiger charge is 2.10. The zero-order valence-electron chi connectivity index (χ0n) is 14.2. The summed E-state index contributed by atoms with van der Waals surface area (Å²) in [6.45, 7) is 4.15. The quantitative estimate of drug-likeness (QED) is 0.634. The highest BCUT2D eigenvalue weighted by atomic mass is 32.2. The first-order valence-corrected chi connectivity index (χ1v) is 9.82. The molecule has 0 aliphatic rings. The monoisotopic (exact) mass is 369 g/mol. The van der Waals surface area contributed by atoms with Crippen LogP contribution in [0.15, 0.2) is 52.9 Å². The maximum Gasteiger partial charge on any atom is 0.234 e. The van der Waals surface area contributed by atoms with E-state index in [-0.39, 0.29) is 5.91 Å². The predicted molar refractivity (Wildman–Crippen MR) is 105 cm³/mol. The van der Waals surface area contributed by atoms with Crippen LogP contribution in [0.5, 0.6) is 0 Å². The van der Waals surface area contributed by atoms with Crippen LogP contribution in [-0.2, 0) is 11.2 Å². The number of rotatable bonds is 6. The van der Waals surface area contributed by atoms with E-state index >= 15 is 0 Å². The van der Waals surface area contributed by atoms with Crippen LogP contribution < -0.4 is 5.32 Å². The molecule has 0 aliphatic carbocycles. The Morgan fingerprint density at radius 2 is 2.00 bits per heavy atom. The SMILES string of the molecule is CCc1ccc(NC(=O)CSc2nc(-c3cccc(C)c3)ns2)cc1. The van der Waals surface area contributed by atoms with E-state index in [0.717, 1.165) is 22.0 Å². The summed E-state index contributed by atoms with van der Waals surface area (Å²) in [5.74, 6) is 0.992. The van der Waals surface area contributed by atoms with Crippen molar-refractivity contribution < 1.29 is 4.79 Å². The standard InChI is InChI=1S/C19H19N3OS2/c1-3-14-7-9-16(10-8-14)20-17(23)12-24-19-21-18(22-25-19)15-6-4-5-13(2)11-15/h4-11H,3,12H2,1-2H3,(H,20,23). The van der Waals surface area contributed by atoms with Gasteiger partial charge in [0, 0.05) is 11.3 Å². The van der Waals surface area contributed by atoms with Crippen LogP contribution in [-0.4, -0.2) is 21.0 Å². The van der Waals surface area contributed by atoms with Gasteiger partial charge >= 0.3 is 0 Å². The van der Waals surface area contributed by atoms with Crippen LogP contribution in [0.25, 0.3) is 11.4 Å². The van der Waals surface area contributed by atoms with Gasteiger partial charge in [0.2, 0.25) is 5.91 Å². The summed E-state index contributed by atoms with van der Waals surface area (Å²) in [5.41, 5.74) is 4.25. The van der Waals surface area contributed by atoms with Crippen LogP contribution in [0.4, 0.5) is 5.69 Å². The zero-order valence-corrected chi connectivity index (χ0v) is 15.8. The molecule has 0 fully saturated rings. The molecule has 0 unspecified atom stereocenters. The molecule has 1 amide bonds. The Kier molecular flexibility index (Phi) is 5.83. The average Bonchev–Trinajstić information content (AvgIpc) is 3.10. The van der Waals surface area contributed by atoms with E-state index in [0.29, 0.717) is 11.6 Å². The number of anilines is 1. The maximum atomic E-state index is 12.1. The summed E-state index contributed by atoms with van der Waals surface area (Å²) < 4.78 is 5.19. The summed E-state index contributed by atoms with van der Waals surface area (Å²) in [6.07, 6.45) is 0.990. The maximum absolute atomic E-state index is 12.1. The smallest absolute Gasteiger partial charge is 0.234 e. The minimum absolute atomic E-state index is 0.0402. The lowest BCUT2D eigenvalue weighted by Gasteiger charge is -2.05. The molecular weight excluding hydrogens is 350 g/mol. The van der Waals surface area contributed by atoms with Crippen molar-refractivity contribution in [3.63, 3.8) is 0 Å². The summed E-state index contributed by atoms with van der Waals surface area (Å²) >= 11 is 2.73. The third kappa shape index (κ3) is 4.90. The summed E-state index contributed by atoms with van der Waals surface area (Å²) in [5, 5.41) is 2.91. The Labute approximate surface area is 155 Å². The number of nitrogens with zero attached hydrogens (tertiary/aromatic N) is 2. The number of carbonyl (C=O) groups excluding carboxylic acids is 1.